The molecule has 0 bridgehead atoms. The first-order valence-electron chi connectivity index (χ1n) is 4.70. The van der Waals surface area contributed by atoms with Crippen molar-refractivity contribution in [1.29, 1.82) is 0 Å². The fourth-order valence-corrected chi connectivity index (χ4v) is 2.55. The van der Waals surface area contributed by atoms with Crippen LogP contribution in [0.15, 0.2) is 30.3 Å². The fourth-order valence-electron chi connectivity index (χ4n) is 1.84. The summed E-state index contributed by atoms with van der Waals surface area (Å²) in [5.74, 6) is 0.232. The molecule has 0 radical (unpaired) electrons. The van der Waals surface area contributed by atoms with E-state index in [9.17, 15) is 0 Å². The highest BCUT2D eigenvalue weighted by Crippen LogP contribution is 2.36. The van der Waals surface area contributed by atoms with Crippen LogP contribution in [0.1, 0.15) is 22.1 Å². The first-order valence-corrected chi connectivity index (χ1v) is 5.52. The average Bonchev–Trinajstić information content (AvgIpc) is 2.83. The Hall–Kier alpha value is -1.68. The number of hydrogen-bond acceptors (Lipinski definition) is 4. The Morgan fingerprint density at radius 2 is 2.07 bits per heavy atom. The zero-order chi connectivity index (χ0) is 10.3. The average molecular weight is 215 g/mol. The number of benzene rings is 1. The Morgan fingerprint density at radius 3 is 2.87 bits per heavy atom. The van der Waals surface area contributed by atoms with Gasteiger partial charge < -0.3 is 5.73 Å². The number of nitrogens with zero attached hydrogens (tertiary/aromatic N) is 2. The molecule has 4 heteroatoms. The molecule has 1 atom stereocenters. The summed E-state index contributed by atoms with van der Waals surface area (Å²) < 4.78 is 0. The molecular formula is C11H9N3S. The van der Waals surface area contributed by atoms with E-state index in [1.54, 1.807) is 0 Å². The third-order valence-electron chi connectivity index (χ3n) is 2.52. The van der Waals surface area contributed by atoms with Gasteiger partial charge in [0, 0.05) is 0 Å². The van der Waals surface area contributed by atoms with E-state index in [0.29, 0.717) is 5.13 Å². The Kier molecular flexibility index (Phi) is 1.82. The number of anilines is 1. The summed E-state index contributed by atoms with van der Waals surface area (Å²) in [5, 5.41) is 9.43. The lowest BCUT2D eigenvalue weighted by atomic mass is 10.0. The van der Waals surface area contributed by atoms with Crippen LogP contribution >= 0.6 is 11.3 Å². The molecule has 15 heavy (non-hydrogen) atoms. The first-order chi connectivity index (χ1) is 7.34. The molecule has 3 rings (SSSR count). The van der Waals surface area contributed by atoms with Crippen LogP contribution < -0.4 is 5.73 Å². The third kappa shape index (κ3) is 1.34. The van der Waals surface area contributed by atoms with Crippen LogP contribution in [0, 0.1) is 0 Å². The van der Waals surface area contributed by atoms with E-state index in [4.69, 9.17) is 5.73 Å². The minimum atomic E-state index is 0.232. The summed E-state index contributed by atoms with van der Waals surface area (Å²) in [7, 11) is 0. The minimum absolute atomic E-state index is 0.232. The van der Waals surface area contributed by atoms with Crippen molar-refractivity contribution in [3.63, 3.8) is 0 Å². The van der Waals surface area contributed by atoms with Crippen molar-refractivity contribution < 1.29 is 0 Å². The third-order valence-corrected chi connectivity index (χ3v) is 3.36. The van der Waals surface area contributed by atoms with Gasteiger partial charge in [-0.2, -0.15) is 0 Å². The van der Waals surface area contributed by atoms with Crippen molar-refractivity contribution in [2.24, 2.45) is 0 Å². The van der Waals surface area contributed by atoms with Crippen molar-refractivity contribution in [3.8, 4) is 0 Å². The van der Waals surface area contributed by atoms with E-state index >= 15 is 0 Å². The normalized spacial score (nSPS) is 18.0. The molecule has 0 fully saturated rings. The van der Waals surface area contributed by atoms with Crippen LogP contribution in [0.5, 0.6) is 0 Å². The Morgan fingerprint density at radius 1 is 1.20 bits per heavy atom. The molecule has 0 spiro atoms. The van der Waals surface area contributed by atoms with Gasteiger partial charge in [-0.05, 0) is 11.1 Å². The minimum Gasteiger partial charge on any atom is -0.374 e. The molecule has 2 N–H and O–H groups in total. The molecule has 1 unspecified atom stereocenters. The van der Waals surface area contributed by atoms with Gasteiger partial charge in [0.15, 0.2) is 0 Å². The van der Waals surface area contributed by atoms with Gasteiger partial charge in [0.2, 0.25) is 5.13 Å². The van der Waals surface area contributed by atoms with E-state index in [2.05, 4.69) is 34.5 Å². The maximum atomic E-state index is 5.59. The van der Waals surface area contributed by atoms with Gasteiger partial charge in [0.25, 0.3) is 0 Å². The molecule has 1 heterocycles. The Balaban J connectivity index is 2.08. The van der Waals surface area contributed by atoms with E-state index in [1.165, 1.54) is 22.5 Å². The van der Waals surface area contributed by atoms with Crippen LogP contribution in [0.2, 0.25) is 0 Å². The molecule has 3 nitrogen and oxygen atoms in total. The predicted octanol–water partition coefficient (Wildman–Crippen LogP) is 2.28. The number of aromatic nitrogens is 2. The van der Waals surface area contributed by atoms with Crippen LogP contribution in [0.3, 0.4) is 0 Å². The van der Waals surface area contributed by atoms with Crippen molar-refractivity contribution in [1.82, 2.24) is 10.2 Å². The van der Waals surface area contributed by atoms with Crippen LogP contribution in [0.4, 0.5) is 5.13 Å². The molecule has 0 saturated carbocycles. The SMILES string of the molecule is Nc1nnc(C2C=Cc3ccccc32)s1. The molecule has 0 amide bonds. The molecule has 74 valence electrons. The number of hydrogen-bond donors (Lipinski definition) is 1. The van der Waals surface area contributed by atoms with Gasteiger partial charge in [-0.3, -0.25) is 0 Å². The number of nitrogen functional groups attached to an aromatic ring is 1. The van der Waals surface area contributed by atoms with Crippen molar-refractivity contribution >= 4 is 22.5 Å². The van der Waals surface area contributed by atoms with E-state index in [0.717, 1.165) is 5.01 Å². The largest absolute Gasteiger partial charge is 0.374 e. The molecule has 1 aromatic heterocycles. The highest BCUT2D eigenvalue weighted by molar-refractivity contribution is 7.15. The zero-order valence-electron chi connectivity index (χ0n) is 7.92. The van der Waals surface area contributed by atoms with Gasteiger partial charge in [-0.25, -0.2) is 0 Å². The molecule has 2 aromatic rings. The Bertz CT molecular complexity index is 530. The quantitative estimate of drug-likeness (QED) is 0.794. The maximum Gasteiger partial charge on any atom is 0.203 e. The monoisotopic (exact) mass is 215 g/mol. The van der Waals surface area contributed by atoms with Gasteiger partial charge in [0.1, 0.15) is 5.01 Å². The van der Waals surface area contributed by atoms with Crippen molar-refractivity contribution in [3.05, 3.63) is 46.5 Å². The lowest BCUT2D eigenvalue weighted by Gasteiger charge is -2.05. The summed E-state index contributed by atoms with van der Waals surface area (Å²) in [4.78, 5) is 0. The standard InChI is InChI=1S/C11H9N3S/c12-11-14-13-10(15-11)9-6-5-7-3-1-2-4-8(7)9/h1-6,9H,(H2,12,14). The van der Waals surface area contributed by atoms with Crippen LogP contribution in [0.25, 0.3) is 6.08 Å². The number of allylic oxidation sites excluding steroid dienone is 1. The molecule has 1 aromatic carbocycles. The van der Waals surface area contributed by atoms with E-state index in [1.807, 2.05) is 12.1 Å². The molecule has 0 saturated heterocycles. The van der Waals surface area contributed by atoms with Gasteiger partial charge >= 0.3 is 0 Å². The lowest BCUT2D eigenvalue weighted by molar-refractivity contribution is 0.947. The topological polar surface area (TPSA) is 51.8 Å². The second-order valence-corrected chi connectivity index (χ2v) is 4.48. The van der Waals surface area contributed by atoms with Crippen molar-refractivity contribution in [2.45, 2.75) is 5.92 Å². The summed E-state index contributed by atoms with van der Waals surface area (Å²) in [5.41, 5.74) is 8.13. The molecule has 1 aliphatic rings. The summed E-state index contributed by atoms with van der Waals surface area (Å²) in [6.07, 6.45) is 4.27. The smallest absolute Gasteiger partial charge is 0.203 e. The van der Waals surface area contributed by atoms with Crippen molar-refractivity contribution in [2.75, 3.05) is 5.73 Å². The van der Waals surface area contributed by atoms with Gasteiger partial charge in [0.05, 0.1) is 5.92 Å². The van der Waals surface area contributed by atoms with Crippen LogP contribution in [-0.2, 0) is 0 Å². The number of fused-ring (bicyclic) bond motifs is 1. The summed E-state index contributed by atoms with van der Waals surface area (Å²) >= 11 is 1.45. The highest BCUT2D eigenvalue weighted by atomic mass is 32.1. The van der Waals surface area contributed by atoms with E-state index < -0.39 is 0 Å². The Labute approximate surface area is 91.3 Å². The second kappa shape index (κ2) is 3.17. The van der Waals surface area contributed by atoms with Gasteiger partial charge in [-0.15, -0.1) is 10.2 Å². The number of nitrogens with two attached hydrogens (primary N) is 1. The summed E-state index contributed by atoms with van der Waals surface area (Å²) in [6.45, 7) is 0. The summed E-state index contributed by atoms with van der Waals surface area (Å²) in [6, 6.07) is 8.32. The molecular weight excluding hydrogens is 206 g/mol. The maximum absolute atomic E-state index is 5.59. The van der Waals surface area contributed by atoms with Gasteiger partial charge in [-0.1, -0.05) is 47.8 Å². The zero-order valence-corrected chi connectivity index (χ0v) is 8.74. The predicted molar refractivity (Wildman–Crippen MR) is 61.6 cm³/mol. The first kappa shape index (κ1) is 8.61. The lowest BCUT2D eigenvalue weighted by Crippen LogP contribution is -1.94. The molecule has 0 aliphatic heterocycles. The van der Waals surface area contributed by atoms with E-state index in [-0.39, 0.29) is 5.92 Å². The van der Waals surface area contributed by atoms with Crippen LogP contribution in [-0.4, -0.2) is 10.2 Å². The molecule has 1 aliphatic carbocycles. The number of rotatable bonds is 1. The highest BCUT2D eigenvalue weighted by Gasteiger charge is 2.21. The second-order valence-electron chi connectivity index (χ2n) is 3.44. The fraction of sp³-hybridized carbons (Fsp3) is 0.0909.